The molecule has 2 N–H and O–H groups in total. The van der Waals surface area contributed by atoms with Crippen molar-refractivity contribution in [2.45, 2.75) is 30.6 Å². The van der Waals surface area contributed by atoms with Crippen LogP contribution in [0.4, 0.5) is 15.8 Å². The number of nitrogens with two attached hydrogens (primary N) is 1. The van der Waals surface area contributed by atoms with E-state index in [1.807, 2.05) is 12.1 Å². The minimum absolute atomic E-state index is 0.389. The van der Waals surface area contributed by atoms with E-state index in [2.05, 4.69) is 14.8 Å². The van der Waals surface area contributed by atoms with Crippen molar-refractivity contribution >= 4 is 37.0 Å². The molecule has 2 fully saturated rings. The molecular weight excluding hydrogens is 392 g/mol. The molecule has 0 saturated carbocycles. The number of thiazole rings is 1. The molecule has 2 saturated heterocycles. The van der Waals surface area contributed by atoms with Crippen LogP contribution >= 0.6 is 11.3 Å². The van der Waals surface area contributed by atoms with Crippen LogP contribution in [0, 0.1) is 11.8 Å². The van der Waals surface area contributed by atoms with Crippen LogP contribution in [0.1, 0.15) is 25.7 Å². The van der Waals surface area contributed by atoms with Gasteiger partial charge in [0, 0.05) is 38.1 Å². The van der Waals surface area contributed by atoms with Crippen molar-refractivity contribution in [2.75, 3.05) is 48.0 Å². The van der Waals surface area contributed by atoms with E-state index in [4.69, 9.17) is 5.73 Å². The van der Waals surface area contributed by atoms with Crippen molar-refractivity contribution in [2.24, 2.45) is 11.8 Å². The normalized spacial score (nSPS) is 19.9. The number of hydrogen-bond donors (Lipinski definition) is 1. The van der Waals surface area contributed by atoms with E-state index in [9.17, 15) is 8.42 Å². The molecule has 2 aliphatic rings. The number of piperidine rings is 2. The van der Waals surface area contributed by atoms with E-state index in [1.165, 1.54) is 31.9 Å². The Hall–Kier alpha value is -1.80. The van der Waals surface area contributed by atoms with Crippen LogP contribution < -0.4 is 15.5 Å². The molecule has 2 aromatic rings. The molecule has 3 heterocycles. The highest BCUT2D eigenvalue weighted by Gasteiger charge is 2.30. The lowest BCUT2D eigenvalue weighted by Crippen LogP contribution is -2.40. The van der Waals surface area contributed by atoms with Crippen molar-refractivity contribution in [1.29, 1.82) is 0 Å². The summed E-state index contributed by atoms with van der Waals surface area (Å²) in [5.74, 6) is 1.58. The zero-order valence-corrected chi connectivity index (χ0v) is 17.9. The van der Waals surface area contributed by atoms with Gasteiger partial charge in [0.15, 0.2) is 15.0 Å². The van der Waals surface area contributed by atoms with E-state index in [0.29, 0.717) is 4.90 Å². The highest BCUT2D eigenvalue weighted by atomic mass is 32.2. The zero-order chi connectivity index (χ0) is 19.7. The standard InChI is InChI=1S/C20H28N4O2S2/c1-28(25,26)18-4-2-17(3-5-18)23-10-6-15(7-11-23)16-8-12-24(13-9-16)20-22-14-19(21)27-20/h2-5,14-16H,6-13,21H2,1H3. The van der Waals surface area contributed by atoms with Gasteiger partial charge in [0.05, 0.1) is 11.1 Å². The summed E-state index contributed by atoms with van der Waals surface area (Å²) in [6.45, 7) is 4.24. The van der Waals surface area contributed by atoms with E-state index < -0.39 is 9.84 Å². The molecule has 0 spiro atoms. The van der Waals surface area contributed by atoms with Crippen molar-refractivity contribution in [3.63, 3.8) is 0 Å². The van der Waals surface area contributed by atoms with Gasteiger partial charge in [-0.2, -0.15) is 0 Å². The quantitative estimate of drug-likeness (QED) is 0.818. The average Bonchev–Trinajstić information content (AvgIpc) is 3.14. The van der Waals surface area contributed by atoms with Gasteiger partial charge in [-0.15, -0.1) is 0 Å². The molecule has 8 heteroatoms. The molecule has 0 atom stereocenters. The predicted octanol–water partition coefficient (Wildman–Crippen LogP) is 3.26. The van der Waals surface area contributed by atoms with E-state index in [0.717, 1.165) is 53.8 Å². The number of nitrogens with zero attached hydrogens (tertiary/aromatic N) is 3. The lowest BCUT2D eigenvalue weighted by molar-refractivity contribution is 0.233. The second-order valence-corrected chi connectivity index (χ2v) is 11.0. The second-order valence-electron chi connectivity index (χ2n) is 7.96. The van der Waals surface area contributed by atoms with Crippen LogP contribution in [-0.2, 0) is 9.84 Å². The molecule has 1 aromatic heterocycles. The number of anilines is 3. The van der Waals surface area contributed by atoms with Gasteiger partial charge in [0.2, 0.25) is 0 Å². The van der Waals surface area contributed by atoms with Gasteiger partial charge in [-0.3, -0.25) is 0 Å². The highest BCUT2D eigenvalue weighted by Crippen LogP contribution is 2.36. The molecule has 4 rings (SSSR count). The second kappa shape index (κ2) is 7.91. The summed E-state index contributed by atoms with van der Waals surface area (Å²) in [4.78, 5) is 9.56. The minimum atomic E-state index is -3.13. The molecular formula is C20H28N4O2S2. The summed E-state index contributed by atoms with van der Waals surface area (Å²) in [5.41, 5.74) is 6.94. The number of nitrogen functional groups attached to an aromatic ring is 1. The third kappa shape index (κ3) is 4.27. The van der Waals surface area contributed by atoms with Gasteiger partial charge in [0.1, 0.15) is 5.00 Å². The maximum atomic E-state index is 11.6. The molecule has 1 aromatic carbocycles. The number of benzene rings is 1. The first-order valence-corrected chi connectivity index (χ1v) is 12.6. The minimum Gasteiger partial charge on any atom is -0.389 e. The first kappa shape index (κ1) is 19.5. The zero-order valence-electron chi connectivity index (χ0n) is 16.3. The van der Waals surface area contributed by atoms with Gasteiger partial charge < -0.3 is 15.5 Å². The third-order valence-corrected chi connectivity index (χ3v) is 8.17. The van der Waals surface area contributed by atoms with Gasteiger partial charge in [-0.05, 0) is 61.8 Å². The van der Waals surface area contributed by atoms with Crippen molar-refractivity contribution < 1.29 is 8.42 Å². The van der Waals surface area contributed by atoms with Crippen LogP contribution in [0.15, 0.2) is 35.4 Å². The summed E-state index contributed by atoms with van der Waals surface area (Å²) >= 11 is 1.58. The molecule has 6 nitrogen and oxygen atoms in total. The number of aromatic nitrogens is 1. The summed E-state index contributed by atoms with van der Waals surface area (Å²) in [6.07, 6.45) is 7.89. The molecule has 28 heavy (non-hydrogen) atoms. The SMILES string of the molecule is CS(=O)(=O)c1ccc(N2CCC(C3CCN(c4ncc(N)s4)CC3)CC2)cc1. The fourth-order valence-electron chi connectivity index (χ4n) is 4.52. The number of hydrogen-bond acceptors (Lipinski definition) is 7. The van der Waals surface area contributed by atoms with Crippen LogP contribution in [0.25, 0.3) is 0 Å². The molecule has 152 valence electrons. The average molecular weight is 421 g/mol. The van der Waals surface area contributed by atoms with Crippen molar-refractivity contribution in [3.8, 4) is 0 Å². The summed E-state index contributed by atoms with van der Waals surface area (Å²) in [5, 5.41) is 1.84. The molecule has 0 bridgehead atoms. The first-order valence-electron chi connectivity index (χ1n) is 9.91. The van der Waals surface area contributed by atoms with Crippen molar-refractivity contribution in [1.82, 2.24) is 4.98 Å². The molecule has 2 aliphatic heterocycles. The molecule has 0 aliphatic carbocycles. The number of rotatable bonds is 4. The van der Waals surface area contributed by atoms with Crippen LogP contribution in [0.5, 0.6) is 0 Å². The maximum absolute atomic E-state index is 11.6. The highest BCUT2D eigenvalue weighted by molar-refractivity contribution is 7.90. The monoisotopic (exact) mass is 420 g/mol. The first-order chi connectivity index (χ1) is 13.4. The van der Waals surface area contributed by atoms with Gasteiger partial charge in [0.25, 0.3) is 0 Å². The van der Waals surface area contributed by atoms with Crippen LogP contribution in [-0.4, -0.2) is 45.8 Å². The molecule has 0 unspecified atom stereocenters. The fraction of sp³-hybridized carbons (Fsp3) is 0.550. The van der Waals surface area contributed by atoms with Crippen molar-refractivity contribution in [3.05, 3.63) is 30.5 Å². The Morgan fingerprint density at radius 2 is 1.50 bits per heavy atom. The topological polar surface area (TPSA) is 79.5 Å². The Morgan fingerprint density at radius 1 is 0.964 bits per heavy atom. The Morgan fingerprint density at radius 3 is 1.96 bits per heavy atom. The summed E-state index contributed by atoms with van der Waals surface area (Å²) < 4.78 is 23.3. The Balaban J connectivity index is 1.29. The summed E-state index contributed by atoms with van der Waals surface area (Å²) in [7, 11) is -3.13. The maximum Gasteiger partial charge on any atom is 0.187 e. The van der Waals surface area contributed by atoms with E-state index in [-0.39, 0.29) is 0 Å². The number of sulfone groups is 1. The van der Waals surface area contributed by atoms with Gasteiger partial charge >= 0.3 is 0 Å². The molecule has 0 radical (unpaired) electrons. The van der Waals surface area contributed by atoms with E-state index in [1.54, 1.807) is 29.7 Å². The van der Waals surface area contributed by atoms with Gasteiger partial charge in [-0.1, -0.05) is 11.3 Å². The smallest absolute Gasteiger partial charge is 0.187 e. The lowest BCUT2D eigenvalue weighted by atomic mass is 9.79. The van der Waals surface area contributed by atoms with Crippen LogP contribution in [0.3, 0.4) is 0 Å². The predicted molar refractivity (Wildman–Crippen MR) is 116 cm³/mol. The van der Waals surface area contributed by atoms with Gasteiger partial charge in [-0.25, -0.2) is 13.4 Å². The fourth-order valence-corrected chi connectivity index (χ4v) is 5.88. The lowest BCUT2D eigenvalue weighted by Gasteiger charge is -2.40. The Labute approximate surface area is 171 Å². The van der Waals surface area contributed by atoms with Crippen LogP contribution in [0.2, 0.25) is 0 Å². The Kier molecular flexibility index (Phi) is 5.51. The molecule has 0 amide bonds. The third-order valence-electron chi connectivity index (χ3n) is 6.16. The van der Waals surface area contributed by atoms with E-state index >= 15 is 0 Å². The Bertz CT molecular complexity index is 895. The largest absolute Gasteiger partial charge is 0.389 e. The summed E-state index contributed by atoms with van der Waals surface area (Å²) in [6, 6.07) is 7.32.